The quantitative estimate of drug-likeness (QED) is 0.619. The summed E-state index contributed by atoms with van der Waals surface area (Å²) in [5.41, 5.74) is 3.02. The molecule has 1 heterocycles. The van der Waals surface area contributed by atoms with E-state index >= 15 is 0 Å². The Morgan fingerprint density at radius 1 is 1.04 bits per heavy atom. The number of esters is 1. The maximum Gasteiger partial charge on any atom is 0.341 e. The Labute approximate surface area is 168 Å². The summed E-state index contributed by atoms with van der Waals surface area (Å²) in [4.78, 5) is 29.9. The van der Waals surface area contributed by atoms with Gasteiger partial charge in [0.25, 0.3) is 5.91 Å². The number of benzene rings is 2. The molecule has 0 radical (unpaired) electrons. The topological polar surface area (TPSA) is 68.3 Å². The van der Waals surface area contributed by atoms with Crippen LogP contribution < -0.4 is 5.32 Å². The van der Waals surface area contributed by atoms with Crippen molar-refractivity contribution >= 4 is 29.3 Å². The molecule has 3 rings (SSSR count). The van der Waals surface area contributed by atoms with E-state index in [1.54, 1.807) is 18.3 Å². The predicted molar refractivity (Wildman–Crippen MR) is 110 cm³/mol. The fourth-order valence-electron chi connectivity index (χ4n) is 2.49. The third kappa shape index (κ3) is 5.20. The van der Waals surface area contributed by atoms with E-state index in [1.165, 1.54) is 11.8 Å². The van der Waals surface area contributed by atoms with Crippen LogP contribution in [0, 0.1) is 13.8 Å². The van der Waals surface area contributed by atoms with Crippen LogP contribution in [-0.2, 0) is 9.53 Å². The summed E-state index contributed by atoms with van der Waals surface area (Å²) in [5.74, 6) is -0.967. The number of aromatic nitrogens is 1. The second-order valence-corrected chi connectivity index (χ2v) is 7.28. The van der Waals surface area contributed by atoms with Gasteiger partial charge in [0.2, 0.25) is 0 Å². The van der Waals surface area contributed by atoms with Gasteiger partial charge in [0.15, 0.2) is 6.61 Å². The minimum atomic E-state index is -0.581. The lowest BCUT2D eigenvalue weighted by atomic mass is 10.1. The molecule has 28 heavy (non-hydrogen) atoms. The smallest absolute Gasteiger partial charge is 0.341 e. The lowest BCUT2D eigenvalue weighted by Crippen LogP contribution is -2.21. The fourth-order valence-corrected chi connectivity index (χ4v) is 3.38. The van der Waals surface area contributed by atoms with Crippen molar-refractivity contribution in [1.82, 2.24) is 4.98 Å². The number of amides is 1. The fraction of sp³-hybridized carbons (Fsp3) is 0.136. The summed E-state index contributed by atoms with van der Waals surface area (Å²) < 4.78 is 5.21. The van der Waals surface area contributed by atoms with E-state index in [4.69, 9.17) is 4.74 Å². The molecule has 6 heteroatoms. The zero-order valence-electron chi connectivity index (χ0n) is 15.6. The lowest BCUT2D eigenvalue weighted by molar-refractivity contribution is -0.119. The zero-order chi connectivity index (χ0) is 19.9. The molecule has 0 aliphatic carbocycles. The molecule has 0 saturated carbocycles. The van der Waals surface area contributed by atoms with Crippen LogP contribution in [0.1, 0.15) is 21.5 Å². The van der Waals surface area contributed by atoms with Gasteiger partial charge in [0.1, 0.15) is 5.03 Å². The van der Waals surface area contributed by atoms with Gasteiger partial charge in [-0.2, -0.15) is 0 Å². The van der Waals surface area contributed by atoms with Crippen LogP contribution >= 0.6 is 11.8 Å². The van der Waals surface area contributed by atoms with Crippen LogP contribution in [0.4, 0.5) is 5.69 Å². The average molecular weight is 392 g/mol. The van der Waals surface area contributed by atoms with Crippen molar-refractivity contribution in [2.75, 3.05) is 11.9 Å². The molecule has 1 amide bonds. The van der Waals surface area contributed by atoms with E-state index in [1.807, 2.05) is 62.4 Å². The number of aryl methyl sites for hydroxylation is 2. The molecule has 0 saturated heterocycles. The van der Waals surface area contributed by atoms with E-state index in [9.17, 15) is 9.59 Å². The summed E-state index contributed by atoms with van der Waals surface area (Å²) >= 11 is 1.37. The first-order valence-electron chi connectivity index (χ1n) is 8.75. The minimum absolute atomic E-state index is 0.330. The van der Waals surface area contributed by atoms with Crippen LogP contribution in [0.3, 0.4) is 0 Å². The number of carbonyl (C=O) groups excluding carboxylic acids is 2. The Morgan fingerprint density at radius 2 is 1.82 bits per heavy atom. The maximum atomic E-state index is 12.5. The highest BCUT2D eigenvalue weighted by Crippen LogP contribution is 2.28. The van der Waals surface area contributed by atoms with Crippen molar-refractivity contribution in [2.45, 2.75) is 23.8 Å². The van der Waals surface area contributed by atoms with Crippen molar-refractivity contribution in [1.29, 1.82) is 0 Å². The van der Waals surface area contributed by atoms with E-state index in [0.717, 1.165) is 16.0 Å². The average Bonchev–Trinajstić information content (AvgIpc) is 2.70. The molecule has 1 aromatic heterocycles. The highest BCUT2D eigenvalue weighted by Gasteiger charge is 2.16. The highest BCUT2D eigenvalue weighted by molar-refractivity contribution is 7.99. The first-order chi connectivity index (χ1) is 13.5. The van der Waals surface area contributed by atoms with Crippen molar-refractivity contribution in [3.05, 3.63) is 83.6 Å². The van der Waals surface area contributed by atoms with Gasteiger partial charge in [-0.15, -0.1) is 0 Å². The third-order valence-corrected chi connectivity index (χ3v) is 4.98. The number of nitrogens with zero attached hydrogens (tertiary/aromatic N) is 1. The maximum absolute atomic E-state index is 12.5. The third-order valence-electron chi connectivity index (χ3n) is 3.95. The van der Waals surface area contributed by atoms with Gasteiger partial charge in [0, 0.05) is 16.8 Å². The Hall–Kier alpha value is -3.12. The largest absolute Gasteiger partial charge is 0.452 e. The standard InChI is InChI=1S/C22H20N2O3S/c1-15-10-11-16(2)19(13-15)24-20(25)14-27-22(26)18-9-6-12-23-21(18)28-17-7-4-3-5-8-17/h3-13H,14H2,1-2H3,(H,24,25). The molecule has 3 aromatic rings. The first kappa shape index (κ1) is 19.6. The number of ether oxygens (including phenoxy) is 1. The Bertz CT molecular complexity index is 990. The van der Waals surface area contributed by atoms with Gasteiger partial charge >= 0.3 is 5.97 Å². The molecule has 2 aromatic carbocycles. The summed E-state index contributed by atoms with van der Waals surface area (Å²) in [5, 5.41) is 3.31. The van der Waals surface area contributed by atoms with E-state index < -0.39 is 5.97 Å². The predicted octanol–water partition coefficient (Wildman–Crippen LogP) is 4.65. The minimum Gasteiger partial charge on any atom is -0.452 e. The summed E-state index contributed by atoms with van der Waals surface area (Å²) in [6.07, 6.45) is 1.62. The molecule has 5 nitrogen and oxygen atoms in total. The van der Waals surface area contributed by atoms with Gasteiger partial charge in [-0.3, -0.25) is 4.79 Å². The van der Waals surface area contributed by atoms with Crippen molar-refractivity contribution in [2.24, 2.45) is 0 Å². The Morgan fingerprint density at radius 3 is 2.61 bits per heavy atom. The summed E-state index contributed by atoms with van der Waals surface area (Å²) in [7, 11) is 0. The number of anilines is 1. The number of hydrogen-bond acceptors (Lipinski definition) is 5. The zero-order valence-corrected chi connectivity index (χ0v) is 16.5. The van der Waals surface area contributed by atoms with Gasteiger partial charge in [-0.25, -0.2) is 9.78 Å². The van der Waals surface area contributed by atoms with Crippen molar-refractivity contribution in [3.63, 3.8) is 0 Å². The van der Waals surface area contributed by atoms with Crippen LogP contribution in [0.25, 0.3) is 0 Å². The Kier molecular flexibility index (Phi) is 6.45. The van der Waals surface area contributed by atoms with Gasteiger partial charge in [0.05, 0.1) is 5.56 Å². The number of rotatable bonds is 6. The van der Waals surface area contributed by atoms with Crippen LogP contribution in [-0.4, -0.2) is 23.5 Å². The van der Waals surface area contributed by atoms with Crippen LogP contribution in [0.5, 0.6) is 0 Å². The molecule has 142 valence electrons. The molecule has 0 fully saturated rings. The monoisotopic (exact) mass is 392 g/mol. The summed E-state index contributed by atoms with van der Waals surface area (Å²) in [6, 6.07) is 18.7. The molecule has 0 spiro atoms. The van der Waals surface area contributed by atoms with Gasteiger partial charge < -0.3 is 10.1 Å². The molecule has 0 atom stereocenters. The molecule has 0 unspecified atom stereocenters. The molecule has 1 N–H and O–H groups in total. The molecular formula is C22H20N2O3S. The van der Waals surface area contributed by atoms with Crippen molar-refractivity contribution < 1.29 is 14.3 Å². The SMILES string of the molecule is Cc1ccc(C)c(NC(=O)COC(=O)c2cccnc2Sc2ccccc2)c1. The Balaban J connectivity index is 1.63. The normalized spacial score (nSPS) is 10.4. The molecular weight excluding hydrogens is 372 g/mol. The van der Waals surface area contributed by atoms with Crippen LogP contribution in [0.15, 0.2) is 76.8 Å². The van der Waals surface area contributed by atoms with E-state index in [-0.39, 0.29) is 12.5 Å². The number of carbonyl (C=O) groups is 2. The first-order valence-corrected chi connectivity index (χ1v) is 9.57. The lowest BCUT2D eigenvalue weighted by Gasteiger charge is -2.11. The highest BCUT2D eigenvalue weighted by atomic mass is 32.2. The molecule has 0 bridgehead atoms. The van der Waals surface area contributed by atoms with Gasteiger partial charge in [-0.1, -0.05) is 42.1 Å². The van der Waals surface area contributed by atoms with Crippen LogP contribution in [0.2, 0.25) is 0 Å². The number of hydrogen-bond donors (Lipinski definition) is 1. The number of nitrogens with one attached hydrogen (secondary N) is 1. The van der Waals surface area contributed by atoms with E-state index in [0.29, 0.717) is 16.3 Å². The second-order valence-electron chi connectivity index (χ2n) is 6.21. The summed E-state index contributed by atoms with van der Waals surface area (Å²) in [6.45, 7) is 3.49. The van der Waals surface area contributed by atoms with Gasteiger partial charge in [-0.05, 0) is 55.3 Å². The van der Waals surface area contributed by atoms with E-state index in [2.05, 4.69) is 10.3 Å². The molecule has 0 aliphatic rings. The van der Waals surface area contributed by atoms with Crippen molar-refractivity contribution in [3.8, 4) is 0 Å². The second kappa shape index (κ2) is 9.19. The molecule has 0 aliphatic heterocycles. The number of pyridine rings is 1.